The minimum atomic E-state index is -0.495. The summed E-state index contributed by atoms with van der Waals surface area (Å²) in [5, 5.41) is 0. The van der Waals surface area contributed by atoms with Gasteiger partial charge in [-0.05, 0) is 46.5 Å². The molecular formula is C19H34N2O3. The second-order valence-corrected chi connectivity index (χ2v) is 8.36. The maximum Gasteiger partial charge on any atom is 0.410 e. The maximum absolute atomic E-state index is 12.9. The van der Waals surface area contributed by atoms with Crippen molar-refractivity contribution in [3.05, 3.63) is 0 Å². The molecule has 1 aliphatic carbocycles. The summed E-state index contributed by atoms with van der Waals surface area (Å²) in [6.45, 7) is 6.79. The quantitative estimate of drug-likeness (QED) is 0.719. The van der Waals surface area contributed by atoms with Crippen molar-refractivity contribution < 1.29 is 14.3 Å². The molecule has 0 aromatic rings. The lowest BCUT2D eigenvalue weighted by atomic mass is 9.95. The summed E-state index contributed by atoms with van der Waals surface area (Å²) in [6, 6.07) is 0.372. The fourth-order valence-corrected chi connectivity index (χ4v) is 3.78. The van der Waals surface area contributed by atoms with Crippen LogP contribution in [0.15, 0.2) is 0 Å². The Hall–Kier alpha value is -1.26. The molecule has 0 aromatic carbocycles. The third kappa shape index (κ3) is 5.38. The van der Waals surface area contributed by atoms with Gasteiger partial charge in [-0.15, -0.1) is 0 Å². The molecule has 2 amide bonds. The Kier molecular flexibility index (Phi) is 6.53. The van der Waals surface area contributed by atoms with Crippen molar-refractivity contribution in [3.8, 4) is 0 Å². The van der Waals surface area contributed by atoms with Crippen molar-refractivity contribution in [2.75, 3.05) is 20.1 Å². The van der Waals surface area contributed by atoms with Gasteiger partial charge in [0, 0.05) is 26.2 Å². The van der Waals surface area contributed by atoms with E-state index in [-0.39, 0.29) is 17.9 Å². The molecule has 0 aromatic heterocycles. The molecule has 1 saturated heterocycles. The molecule has 1 aliphatic heterocycles. The van der Waals surface area contributed by atoms with Crippen LogP contribution in [-0.2, 0) is 9.53 Å². The standard InChI is InChI=1S/C19H34N2O3/c1-19(2,3)24-18(23)21-13-9-10-15(14-21)17(22)20(4)16-11-7-5-6-8-12-16/h15-16H,5-14H2,1-4H3. The highest BCUT2D eigenvalue weighted by Crippen LogP contribution is 2.25. The van der Waals surface area contributed by atoms with Crippen LogP contribution in [0.3, 0.4) is 0 Å². The van der Waals surface area contributed by atoms with Gasteiger partial charge in [-0.3, -0.25) is 4.79 Å². The number of piperidine rings is 1. The average molecular weight is 338 g/mol. The zero-order valence-electron chi connectivity index (χ0n) is 15.8. The van der Waals surface area contributed by atoms with Gasteiger partial charge in [-0.25, -0.2) is 4.79 Å². The smallest absolute Gasteiger partial charge is 0.410 e. The Morgan fingerprint density at radius 2 is 1.62 bits per heavy atom. The Bertz CT molecular complexity index is 436. The molecule has 1 saturated carbocycles. The average Bonchev–Trinajstić information content (AvgIpc) is 2.81. The van der Waals surface area contributed by atoms with E-state index in [4.69, 9.17) is 4.74 Å². The van der Waals surface area contributed by atoms with Crippen LogP contribution in [0.2, 0.25) is 0 Å². The predicted molar refractivity (Wildman–Crippen MR) is 94.8 cm³/mol. The number of carbonyl (C=O) groups excluding carboxylic acids is 2. The molecule has 24 heavy (non-hydrogen) atoms. The van der Waals surface area contributed by atoms with Crippen LogP contribution in [0.25, 0.3) is 0 Å². The summed E-state index contributed by atoms with van der Waals surface area (Å²) in [5.74, 6) is 0.120. The SMILES string of the molecule is CN(C(=O)C1CCCN(C(=O)OC(C)(C)C)C1)C1CCCCCC1. The fourth-order valence-electron chi connectivity index (χ4n) is 3.78. The van der Waals surface area contributed by atoms with Gasteiger partial charge in [0.1, 0.15) is 5.60 Å². The minimum Gasteiger partial charge on any atom is -0.444 e. The van der Waals surface area contributed by atoms with Crippen LogP contribution >= 0.6 is 0 Å². The zero-order chi connectivity index (χ0) is 17.7. The molecule has 5 heteroatoms. The van der Waals surface area contributed by atoms with Crippen molar-refractivity contribution >= 4 is 12.0 Å². The monoisotopic (exact) mass is 338 g/mol. The molecule has 2 rings (SSSR count). The lowest BCUT2D eigenvalue weighted by molar-refractivity contribution is -0.138. The first kappa shape index (κ1) is 19.1. The number of likely N-dealkylation sites (tertiary alicyclic amines) is 1. The molecular weight excluding hydrogens is 304 g/mol. The van der Waals surface area contributed by atoms with E-state index in [0.29, 0.717) is 19.1 Å². The second kappa shape index (κ2) is 8.21. The van der Waals surface area contributed by atoms with Crippen LogP contribution in [0.5, 0.6) is 0 Å². The van der Waals surface area contributed by atoms with E-state index < -0.39 is 5.60 Å². The molecule has 1 heterocycles. The Balaban J connectivity index is 1.92. The number of amides is 2. The van der Waals surface area contributed by atoms with Gasteiger partial charge >= 0.3 is 6.09 Å². The summed E-state index contributed by atoms with van der Waals surface area (Å²) in [4.78, 5) is 28.9. The van der Waals surface area contributed by atoms with E-state index in [1.807, 2.05) is 32.7 Å². The third-order valence-corrected chi connectivity index (χ3v) is 5.14. The number of nitrogens with zero attached hydrogens (tertiary/aromatic N) is 2. The molecule has 2 aliphatic rings. The van der Waals surface area contributed by atoms with E-state index >= 15 is 0 Å². The topological polar surface area (TPSA) is 49.9 Å². The van der Waals surface area contributed by atoms with E-state index in [1.54, 1.807) is 4.90 Å². The second-order valence-electron chi connectivity index (χ2n) is 8.36. The predicted octanol–water partition coefficient (Wildman–Crippen LogP) is 3.81. The van der Waals surface area contributed by atoms with Crippen molar-refractivity contribution in [2.24, 2.45) is 5.92 Å². The third-order valence-electron chi connectivity index (χ3n) is 5.14. The largest absolute Gasteiger partial charge is 0.444 e. The summed E-state index contributed by atoms with van der Waals surface area (Å²) in [6.07, 6.45) is 8.69. The van der Waals surface area contributed by atoms with Crippen LogP contribution < -0.4 is 0 Å². The first-order chi connectivity index (χ1) is 11.3. The van der Waals surface area contributed by atoms with Gasteiger partial charge < -0.3 is 14.5 Å². The molecule has 1 unspecified atom stereocenters. The number of hydrogen-bond donors (Lipinski definition) is 0. The molecule has 5 nitrogen and oxygen atoms in total. The van der Waals surface area contributed by atoms with Crippen LogP contribution in [0.1, 0.15) is 72.1 Å². The fraction of sp³-hybridized carbons (Fsp3) is 0.895. The molecule has 0 N–H and O–H groups in total. The maximum atomic E-state index is 12.9. The lowest BCUT2D eigenvalue weighted by Gasteiger charge is -2.36. The van der Waals surface area contributed by atoms with Gasteiger partial charge in [-0.1, -0.05) is 25.7 Å². The first-order valence-corrected chi connectivity index (χ1v) is 9.52. The van der Waals surface area contributed by atoms with Crippen LogP contribution in [0.4, 0.5) is 4.79 Å². The molecule has 0 bridgehead atoms. The van der Waals surface area contributed by atoms with Gasteiger partial charge in [0.05, 0.1) is 5.92 Å². The van der Waals surface area contributed by atoms with Gasteiger partial charge in [0.2, 0.25) is 5.91 Å². The summed E-state index contributed by atoms with van der Waals surface area (Å²) < 4.78 is 5.46. The lowest BCUT2D eigenvalue weighted by Crippen LogP contribution is -2.49. The molecule has 2 fully saturated rings. The highest BCUT2D eigenvalue weighted by atomic mass is 16.6. The Morgan fingerprint density at radius 3 is 2.21 bits per heavy atom. The number of hydrogen-bond acceptors (Lipinski definition) is 3. The summed E-state index contributed by atoms with van der Waals surface area (Å²) in [7, 11) is 1.95. The zero-order valence-corrected chi connectivity index (χ0v) is 15.8. The molecule has 1 atom stereocenters. The van der Waals surface area contributed by atoms with E-state index in [2.05, 4.69) is 0 Å². The van der Waals surface area contributed by atoms with Crippen molar-refractivity contribution in [1.29, 1.82) is 0 Å². The van der Waals surface area contributed by atoms with E-state index in [0.717, 1.165) is 25.7 Å². The van der Waals surface area contributed by atoms with E-state index in [1.165, 1.54) is 25.7 Å². The van der Waals surface area contributed by atoms with Crippen molar-refractivity contribution in [2.45, 2.75) is 83.8 Å². The Labute approximate surface area is 146 Å². The first-order valence-electron chi connectivity index (χ1n) is 9.52. The minimum absolute atomic E-state index is 0.0838. The normalized spacial score (nSPS) is 23.5. The highest BCUT2D eigenvalue weighted by molar-refractivity contribution is 5.80. The number of ether oxygens (including phenoxy) is 1. The molecule has 138 valence electrons. The Morgan fingerprint density at radius 1 is 1.00 bits per heavy atom. The molecule has 0 radical (unpaired) electrons. The number of carbonyl (C=O) groups is 2. The summed E-state index contributed by atoms with van der Waals surface area (Å²) >= 11 is 0. The highest BCUT2D eigenvalue weighted by Gasteiger charge is 2.34. The van der Waals surface area contributed by atoms with E-state index in [9.17, 15) is 9.59 Å². The summed E-state index contributed by atoms with van der Waals surface area (Å²) in [5.41, 5.74) is -0.495. The van der Waals surface area contributed by atoms with Gasteiger partial charge in [0.25, 0.3) is 0 Å². The number of rotatable bonds is 2. The van der Waals surface area contributed by atoms with Crippen molar-refractivity contribution in [1.82, 2.24) is 9.80 Å². The van der Waals surface area contributed by atoms with Crippen LogP contribution in [-0.4, -0.2) is 53.6 Å². The van der Waals surface area contributed by atoms with Gasteiger partial charge in [0.15, 0.2) is 0 Å². The van der Waals surface area contributed by atoms with Crippen LogP contribution in [0, 0.1) is 5.92 Å². The van der Waals surface area contributed by atoms with Crippen molar-refractivity contribution in [3.63, 3.8) is 0 Å². The van der Waals surface area contributed by atoms with Gasteiger partial charge in [-0.2, -0.15) is 0 Å². The molecule has 0 spiro atoms.